The second kappa shape index (κ2) is 5.99. The first-order valence-corrected chi connectivity index (χ1v) is 7.52. The van der Waals surface area contributed by atoms with E-state index in [0.29, 0.717) is 10.7 Å². The van der Waals surface area contributed by atoms with Gasteiger partial charge in [-0.2, -0.15) is 0 Å². The fourth-order valence-electron chi connectivity index (χ4n) is 1.92. The van der Waals surface area contributed by atoms with Crippen LogP contribution in [0.1, 0.15) is 10.4 Å². The van der Waals surface area contributed by atoms with E-state index in [-0.39, 0.29) is 11.0 Å². The molecule has 0 radical (unpaired) electrons. The first-order chi connectivity index (χ1) is 10.2. The summed E-state index contributed by atoms with van der Waals surface area (Å²) in [6, 6.07) is 13.4. The summed E-state index contributed by atoms with van der Waals surface area (Å²) in [5, 5.41) is 10.3. The molecule has 0 unspecified atom stereocenters. The van der Waals surface area contributed by atoms with Crippen LogP contribution in [0.5, 0.6) is 0 Å². The molecule has 0 atom stereocenters. The first kappa shape index (κ1) is 13.7. The maximum absolute atomic E-state index is 12.2. The minimum Gasteiger partial charge on any atom is -0.308 e. The van der Waals surface area contributed by atoms with Crippen LogP contribution in [0.2, 0.25) is 0 Å². The van der Waals surface area contributed by atoms with Crippen molar-refractivity contribution in [2.45, 2.75) is 0 Å². The van der Waals surface area contributed by atoms with Crippen LogP contribution >= 0.6 is 23.6 Å². The molecule has 1 heterocycles. The first-order valence-electron chi connectivity index (χ1n) is 6.23. The van der Waals surface area contributed by atoms with Crippen molar-refractivity contribution in [2.24, 2.45) is 0 Å². The zero-order valence-corrected chi connectivity index (χ0v) is 12.5. The van der Waals surface area contributed by atoms with Crippen LogP contribution in [0.3, 0.4) is 0 Å². The lowest BCUT2D eigenvalue weighted by Gasteiger charge is -2.08. The molecule has 2 aromatic carbocycles. The Balaban J connectivity index is 1.73. The van der Waals surface area contributed by atoms with E-state index in [1.165, 1.54) is 11.3 Å². The number of nitrogens with one attached hydrogen (secondary N) is 2. The number of anilines is 1. The highest BCUT2D eigenvalue weighted by atomic mass is 32.1. The van der Waals surface area contributed by atoms with Gasteiger partial charge in [0.1, 0.15) is 0 Å². The number of amides is 1. The monoisotopic (exact) mass is 313 g/mol. The minimum atomic E-state index is -0.241. The van der Waals surface area contributed by atoms with Crippen molar-refractivity contribution in [1.82, 2.24) is 10.3 Å². The second-order valence-corrected chi connectivity index (χ2v) is 5.61. The van der Waals surface area contributed by atoms with Crippen LogP contribution in [0.15, 0.2) is 54.0 Å². The quantitative estimate of drug-likeness (QED) is 0.712. The average Bonchev–Trinajstić information content (AvgIpc) is 2.99. The molecule has 0 saturated heterocycles. The summed E-state index contributed by atoms with van der Waals surface area (Å²) in [5.74, 6) is -0.241. The van der Waals surface area contributed by atoms with Crippen molar-refractivity contribution in [3.05, 3.63) is 59.6 Å². The third-order valence-electron chi connectivity index (χ3n) is 2.89. The van der Waals surface area contributed by atoms with E-state index in [2.05, 4.69) is 15.6 Å². The standard InChI is InChI=1S/C15H11N3OS2/c19-13(17-14(20)18-15-16-7-8-21-15)12-6-5-10-3-1-2-4-11(10)9-12/h1-9H,(H2,16,17,18,19,20). The van der Waals surface area contributed by atoms with Gasteiger partial charge in [0.05, 0.1) is 0 Å². The Kier molecular flexibility index (Phi) is 3.89. The Bertz CT molecular complexity index is 800. The Hall–Kier alpha value is -2.31. The minimum absolute atomic E-state index is 0.239. The van der Waals surface area contributed by atoms with Crippen molar-refractivity contribution in [2.75, 3.05) is 5.32 Å². The summed E-state index contributed by atoms with van der Waals surface area (Å²) < 4.78 is 0. The predicted molar refractivity (Wildman–Crippen MR) is 89.7 cm³/mol. The van der Waals surface area contributed by atoms with E-state index in [4.69, 9.17) is 12.2 Å². The van der Waals surface area contributed by atoms with Crippen molar-refractivity contribution >= 4 is 50.5 Å². The molecule has 21 heavy (non-hydrogen) atoms. The zero-order chi connectivity index (χ0) is 14.7. The Labute approximate surface area is 130 Å². The molecular formula is C15H11N3OS2. The van der Waals surface area contributed by atoms with Gasteiger partial charge in [-0.25, -0.2) is 4.98 Å². The number of rotatable bonds is 2. The van der Waals surface area contributed by atoms with Gasteiger partial charge in [0.25, 0.3) is 5.91 Å². The van der Waals surface area contributed by atoms with Crippen LogP contribution < -0.4 is 10.6 Å². The third-order valence-corrected chi connectivity index (χ3v) is 3.78. The van der Waals surface area contributed by atoms with Gasteiger partial charge >= 0.3 is 0 Å². The lowest BCUT2D eigenvalue weighted by Crippen LogP contribution is -2.34. The molecule has 0 fully saturated rings. The average molecular weight is 313 g/mol. The highest BCUT2D eigenvalue weighted by molar-refractivity contribution is 7.80. The SMILES string of the molecule is O=C(NC(=S)Nc1nccs1)c1ccc2ccccc2c1. The summed E-state index contributed by atoms with van der Waals surface area (Å²) in [4.78, 5) is 16.2. The molecule has 4 nitrogen and oxygen atoms in total. The number of fused-ring (bicyclic) bond motifs is 1. The smallest absolute Gasteiger partial charge is 0.257 e. The summed E-state index contributed by atoms with van der Waals surface area (Å²) in [7, 11) is 0. The van der Waals surface area contributed by atoms with E-state index in [9.17, 15) is 4.79 Å². The van der Waals surface area contributed by atoms with E-state index < -0.39 is 0 Å². The predicted octanol–water partition coefficient (Wildman–Crippen LogP) is 3.42. The number of hydrogen-bond acceptors (Lipinski definition) is 4. The van der Waals surface area contributed by atoms with E-state index in [1.807, 2.05) is 41.8 Å². The molecule has 0 saturated carbocycles. The molecule has 0 bridgehead atoms. The lowest BCUT2D eigenvalue weighted by atomic mass is 10.1. The fourth-order valence-corrected chi connectivity index (χ4v) is 2.71. The number of aromatic nitrogens is 1. The van der Waals surface area contributed by atoms with Gasteiger partial charge in [-0.1, -0.05) is 30.3 Å². The van der Waals surface area contributed by atoms with Crippen LogP contribution in [0.4, 0.5) is 5.13 Å². The van der Waals surface area contributed by atoms with Crippen LogP contribution in [-0.4, -0.2) is 16.0 Å². The second-order valence-electron chi connectivity index (χ2n) is 4.31. The third kappa shape index (κ3) is 3.24. The Morgan fingerprint density at radius 3 is 2.71 bits per heavy atom. The number of benzene rings is 2. The Morgan fingerprint density at radius 1 is 1.14 bits per heavy atom. The maximum atomic E-state index is 12.2. The molecule has 1 amide bonds. The van der Waals surface area contributed by atoms with Gasteiger partial charge in [-0.15, -0.1) is 11.3 Å². The van der Waals surface area contributed by atoms with Gasteiger partial charge in [-0.05, 0) is 35.1 Å². The summed E-state index contributed by atoms with van der Waals surface area (Å²) in [5.41, 5.74) is 0.567. The molecule has 0 spiro atoms. The molecule has 1 aromatic heterocycles. The van der Waals surface area contributed by atoms with Gasteiger partial charge in [0, 0.05) is 17.1 Å². The molecule has 3 aromatic rings. The van der Waals surface area contributed by atoms with Gasteiger partial charge < -0.3 is 5.32 Å². The van der Waals surface area contributed by atoms with Crippen molar-refractivity contribution in [3.8, 4) is 0 Å². The fraction of sp³-hybridized carbons (Fsp3) is 0. The molecule has 2 N–H and O–H groups in total. The molecule has 0 aliphatic carbocycles. The topological polar surface area (TPSA) is 54.0 Å². The number of nitrogens with zero attached hydrogens (tertiary/aromatic N) is 1. The van der Waals surface area contributed by atoms with Gasteiger partial charge in [0.2, 0.25) is 0 Å². The van der Waals surface area contributed by atoms with Crippen molar-refractivity contribution in [3.63, 3.8) is 0 Å². The van der Waals surface area contributed by atoms with Crippen molar-refractivity contribution in [1.29, 1.82) is 0 Å². The van der Waals surface area contributed by atoms with Crippen LogP contribution in [0.25, 0.3) is 10.8 Å². The highest BCUT2D eigenvalue weighted by Crippen LogP contribution is 2.15. The zero-order valence-electron chi connectivity index (χ0n) is 10.9. The van der Waals surface area contributed by atoms with E-state index in [0.717, 1.165) is 10.8 Å². The normalized spacial score (nSPS) is 10.3. The molecular weight excluding hydrogens is 302 g/mol. The highest BCUT2D eigenvalue weighted by Gasteiger charge is 2.09. The molecule has 0 aliphatic rings. The van der Waals surface area contributed by atoms with E-state index in [1.54, 1.807) is 12.3 Å². The summed E-state index contributed by atoms with van der Waals surface area (Å²) >= 11 is 6.51. The largest absolute Gasteiger partial charge is 0.308 e. The van der Waals surface area contributed by atoms with Crippen LogP contribution in [-0.2, 0) is 0 Å². The number of hydrogen-bond donors (Lipinski definition) is 2. The number of thiocarbonyl (C=S) groups is 1. The number of carbonyl (C=O) groups is 1. The molecule has 104 valence electrons. The van der Waals surface area contributed by atoms with Crippen LogP contribution in [0, 0.1) is 0 Å². The van der Waals surface area contributed by atoms with Gasteiger partial charge in [-0.3, -0.25) is 10.1 Å². The van der Waals surface area contributed by atoms with E-state index >= 15 is 0 Å². The Morgan fingerprint density at radius 2 is 1.95 bits per heavy atom. The van der Waals surface area contributed by atoms with Gasteiger partial charge in [0.15, 0.2) is 10.2 Å². The summed E-state index contributed by atoms with van der Waals surface area (Å²) in [6.45, 7) is 0. The number of carbonyl (C=O) groups excluding carboxylic acids is 1. The lowest BCUT2D eigenvalue weighted by molar-refractivity contribution is 0.0978. The summed E-state index contributed by atoms with van der Waals surface area (Å²) in [6.07, 6.45) is 1.67. The van der Waals surface area contributed by atoms with Crippen molar-refractivity contribution < 1.29 is 4.79 Å². The molecule has 0 aliphatic heterocycles. The maximum Gasteiger partial charge on any atom is 0.257 e. The number of thiazole rings is 1. The molecule has 6 heteroatoms. The molecule has 3 rings (SSSR count).